The average molecular weight is 239 g/mol. The third kappa shape index (κ3) is 2.13. The number of carbonyl (C=O) groups excluding carboxylic acids is 1. The molecule has 1 aromatic rings. The van der Waals surface area contributed by atoms with E-state index in [0.717, 1.165) is 24.8 Å². The first-order valence-electron chi connectivity index (χ1n) is 5.49. The summed E-state index contributed by atoms with van der Waals surface area (Å²) < 4.78 is 5.36. The number of Topliss-reactive ketones (excluding diaryl/α,β-unsaturated/α-hetero) is 1. The van der Waals surface area contributed by atoms with Gasteiger partial charge in [0.1, 0.15) is 5.60 Å². The van der Waals surface area contributed by atoms with Gasteiger partial charge in [0.15, 0.2) is 5.78 Å². The molecule has 1 aromatic carbocycles. The van der Waals surface area contributed by atoms with E-state index in [2.05, 4.69) is 0 Å². The molecule has 86 valence electrons. The van der Waals surface area contributed by atoms with Crippen LogP contribution in [0.25, 0.3) is 0 Å². The second kappa shape index (κ2) is 4.56. The van der Waals surface area contributed by atoms with Crippen molar-refractivity contribution >= 4 is 17.4 Å². The lowest BCUT2D eigenvalue weighted by atomic mass is 9.75. The molecule has 2 nitrogen and oxygen atoms in total. The number of ether oxygens (including phenoxy) is 1. The maximum absolute atomic E-state index is 12.1. The van der Waals surface area contributed by atoms with Gasteiger partial charge in [-0.3, -0.25) is 4.79 Å². The summed E-state index contributed by atoms with van der Waals surface area (Å²) in [5, 5.41) is 0.672. The van der Waals surface area contributed by atoms with E-state index in [9.17, 15) is 4.79 Å². The van der Waals surface area contributed by atoms with Gasteiger partial charge in [0.2, 0.25) is 0 Å². The third-order valence-corrected chi connectivity index (χ3v) is 3.55. The molecule has 2 rings (SSSR count). The highest BCUT2D eigenvalue weighted by molar-refractivity contribution is 6.30. The standard InChI is InChI=1S/C13H15ClO2/c1-16-13(6-3-7-13)12(15)9-10-4-2-5-11(14)8-10/h2,4-5,8H,3,6-7,9H2,1H3. The molecule has 0 heterocycles. The lowest BCUT2D eigenvalue weighted by Gasteiger charge is -2.38. The van der Waals surface area contributed by atoms with Crippen LogP contribution in [0.1, 0.15) is 24.8 Å². The molecule has 1 aliphatic carbocycles. The molecule has 1 fully saturated rings. The third-order valence-electron chi connectivity index (χ3n) is 3.31. The molecule has 0 atom stereocenters. The fourth-order valence-electron chi connectivity index (χ4n) is 2.09. The molecular weight excluding hydrogens is 224 g/mol. The summed E-state index contributed by atoms with van der Waals surface area (Å²) in [6.07, 6.45) is 3.19. The molecule has 0 radical (unpaired) electrons. The largest absolute Gasteiger partial charge is 0.370 e. The predicted octanol–water partition coefficient (Wildman–Crippen LogP) is 3.02. The molecule has 0 spiro atoms. The van der Waals surface area contributed by atoms with Crippen LogP contribution in [-0.4, -0.2) is 18.5 Å². The monoisotopic (exact) mass is 238 g/mol. The zero-order valence-corrected chi connectivity index (χ0v) is 10.1. The fourth-order valence-corrected chi connectivity index (χ4v) is 2.30. The van der Waals surface area contributed by atoms with Gasteiger partial charge in [-0.1, -0.05) is 23.7 Å². The van der Waals surface area contributed by atoms with Gasteiger partial charge in [-0.25, -0.2) is 0 Å². The van der Waals surface area contributed by atoms with Crippen molar-refractivity contribution in [2.75, 3.05) is 7.11 Å². The molecular formula is C13H15ClO2. The Morgan fingerprint density at radius 1 is 1.50 bits per heavy atom. The Morgan fingerprint density at radius 2 is 2.25 bits per heavy atom. The van der Waals surface area contributed by atoms with Crippen LogP contribution in [0, 0.1) is 0 Å². The lowest BCUT2D eigenvalue weighted by molar-refractivity contribution is -0.151. The van der Waals surface area contributed by atoms with Crippen LogP contribution in [0.5, 0.6) is 0 Å². The van der Waals surface area contributed by atoms with Crippen molar-refractivity contribution in [3.8, 4) is 0 Å². The van der Waals surface area contributed by atoms with Gasteiger partial charge in [0.25, 0.3) is 0 Å². The maximum atomic E-state index is 12.1. The quantitative estimate of drug-likeness (QED) is 0.806. The summed E-state index contributed by atoms with van der Waals surface area (Å²) in [6.45, 7) is 0. The zero-order valence-electron chi connectivity index (χ0n) is 9.33. The number of hydrogen-bond acceptors (Lipinski definition) is 2. The molecule has 0 aliphatic heterocycles. The normalized spacial score (nSPS) is 17.9. The first-order valence-corrected chi connectivity index (χ1v) is 5.87. The number of hydrogen-bond donors (Lipinski definition) is 0. The SMILES string of the molecule is COC1(C(=O)Cc2cccc(Cl)c2)CCC1. The second-order valence-electron chi connectivity index (χ2n) is 4.28. The molecule has 1 aliphatic rings. The number of methoxy groups -OCH3 is 1. The van der Waals surface area contributed by atoms with Crippen LogP contribution in [0.4, 0.5) is 0 Å². The Hall–Kier alpha value is -0.860. The molecule has 16 heavy (non-hydrogen) atoms. The number of rotatable bonds is 4. The van der Waals surface area contributed by atoms with Gasteiger partial charge in [0, 0.05) is 18.6 Å². The smallest absolute Gasteiger partial charge is 0.168 e. The van der Waals surface area contributed by atoms with Gasteiger partial charge in [-0.2, -0.15) is 0 Å². The summed E-state index contributed by atoms with van der Waals surface area (Å²) in [4.78, 5) is 12.1. The Labute approximate surface area is 101 Å². The first-order chi connectivity index (χ1) is 7.66. The van der Waals surface area contributed by atoms with Gasteiger partial charge in [-0.05, 0) is 37.0 Å². The van der Waals surface area contributed by atoms with Crippen LogP contribution in [-0.2, 0) is 16.0 Å². The topological polar surface area (TPSA) is 26.3 Å². The summed E-state index contributed by atoms with van der Waals surface area (Å²) >= 11 is 5.88. The van der Waals surface area contributed by atoms with E-state index in [1.165, 1.54) is 0 Å². The van der Waals surface area contributed by atoms with E-state index in [0.29, 0.717) is 11.4 Å². The van der Waals surface area contributed by atoms with Crippen molar-refractivity contribution in [3.63, 3.8) is 0 Å². The van der Waals surface area contributed by atoms with Crippen molar-refractivity contribution in [3.05, 3.63) is 34.9 Å². The number of ketones is 1. The van der Waals surface area contributed by atoms with Gasteiger partial charge in [-0.15, -0.1) is 0 Å². The minimum atomic E-state index is -0.512. The molecule has 1 saturated carbocycles. The molecule has 0 aromatic heterocycles. The Bertz CT molecular complexity index is 391. The highest BCUT2D eigenvalue weighted by Crippen LogP contribution is 2.36. The summed E-state index contributed by atoms with van der Waals surface area (Å²) in [6, 6.07) is 7.43. The molecule has 3 heteroatoms. The van der Waals surface area contributed by atoms with Crippen LogP contribution < -0.4 is 0 Å². The number of benzene rings is 1. The molecule has 0 unspecified atom stereocenters. The maximum Gasteiger partial charge on any atom is 0.168 e. The molecule has 0 bridgehead atoms. The van der Waals surface area contributed by atoms with Gasteiger partial charge in [0.05, 0.1) is 0 Å². The van der Waals surface area contributed by atoms with Crippen molar-refractivity contribution in [2.45, 2.75) is 31.3 Å². The minimum absolute atomic E-state index is 0.170. The Kier molecular flexibility index (Phi) is 3.31. The number of carbonyl (C=O) groups is 1. The van der Waals surface area contributed by atoms with Crippen molar-refractivity contribution in [1.82, 2.24) is 0 Å². The molecule has 0 N–H and O–H groups in total. The highest BCUT2D eigenvalue weighted by atomic mass is 35.5. The number of halogens is 1. The van der Waals surface area contributed by atoms with E-state index >= 15 is 0 Å². The Morgan fingerprint density at radius 3 is 2.75 bits per heavy atom. The zero-order chi connectivity index (χ0) is 11.6. The van der Waals surface area contributed by atoms with E-state index in [1.54, 1.807) is 7.11 Å². The lowest BCUT2D eigenvalue weighted by Crippen LogP contribution is -2.47. The van der Waals surface area contributed by atoms with E-state index in [-0.39, 0.29) is 5.78 Å². The minimum Gasteiger partial charge on any atom is -0.370 e. The second-order valence-corrected chi connectivity index (χ2v) is 4.72. The van der Waals surface area contributed by atoms with Gasteiger partial charge < -0.3 is 4.74 Å². The highest BCUT2D eigenvalue weighted by Gasteiger charge is 2.43. The van der Waals surface area contributed by atoms with E-state index < -0.39 is 5.60 Å². The first kappa shape index (κ1) is 11.6. The van der Waals surface area contributed by atoms with Crippen LogP contribution in [0.2, 0.25) is 5.02 Å². The average Bonchev–Trinajstić information content (AvgIpc) is 2.16. The summed E-state index contributed by atoms with van der Waals surface area (Å²) in [7, 11) is 1.62. The van der Waals surface area contributed by atoms with E-state index in [1.807, 2.05) is 24.3 Å². The molecule has 0 amide bonds. The summed E-state index contributed by atoms with van der Waals surface area (Å²) in [5.74, 6) is 0.170. The Balaban J connectivity index is 2.07. The van der Waals surface area contributed by atoms with Crippen molar-refractivity contribution in [2.24, 2.45) is 0 Å². The molecule has 0 saturated heterocycles. The van der Waals surface area contributed by atoms with Crippen LogP contribution >= 0.6 is 11.6 Å². The van der Waals surface area contributed by atoms with Crippen molar-refractivity contribution < 1.29 is 9.53 Å². The van der Waals surface area contributed by atoms with Crippen LogP contribution in [0.15, 0.2) is 24.3 Å². The van der Waals surface area contributed by atoms with Crippen LogP contribution in [0.3, 0.4) is 0 Å². The predicted molar refractivity (Wildman–Crippen MR) is 63.8 cm³/mol. The van der Waals surface area contributed by atoms with E-state index in [4.69, 9.17) is 16.3 Å². The fraction of sp³-hybridized carbons (Fsp3) is 0.462. The van der Waals surface area contributed by atoms with Crippen molar-refractivity contribution in [1.29, 1.82) is 0 Å². The summed E-state index contributed by atoms with van der Waals surface area (Å²) in [5.41, 5.74) is 0.448. The van der Waals surface area contributed by atoms with Gasteiger partial charge >= 0.3 is 0 Å².